The summed E-state index contributed by atoms with van der Waals surface area (Å²) in [6.45, 7) is 9.79. The number of aliphatic imine (C=N–C) groups is 1. The highest BCUT2D eigenvalue weighted by Crippen LogP contribution is 2.41. The Kier molecular flexibility index (Phi) is 18.0. The average molecular weight is 627 g/mol. The van der Waals surface area contributed by atoms with Crippen molar-refractivity contribution in [2.75, 3.05) is 38.7 Å². The van der Waals surface area contributed by atoms with E-state index in [2.05, 4.69) is 60.2 Å². The molecule has 0 radical (unpaired) electrons. The summed E-state index contributed by atoms with van der Waals surface area (Å²) in [5.41, 5.74) is 3.39. The first-order valence-corrected chi connectivity index (χ1v) is 18.8. The van der Waals surface area contributed by atoms with Gasteiger partial charge >= 0.3 is 5.97 Å². The predicted molar refractivity (Wildman–Crippen MR) is 191 cm³/mol. The van der Waals surface area contributed by atoms with Crippen LogP contribution in [-0.4, -0.2) is 59.5 Å². The van der Waals surface area contributed by atoms with Crippen molar-refractivity contribution in [3.63, 3.8) is 0 Å². The lowest BCUT2D eigenvalue weighted by Gasteiger charge is -2.31. The van der Waals surface area contributed by atoms with Gasteiger partial charge in [-0.15, -0.1) is 11.8 Å². The fourth-order valence-electron chi connectivity index (χ4n) is 6.09. The number of ether oxygens (including phenoxy) is 1. The third kappa shape index (κ3) is 13.6. The molecule has 0 bridgehead atoms. The molecule has 0 amide bonds. The van der Waals surface area contributed by atoms with Crippen LogP contribution < -0.4 is 5.32 Å². The van der Waals surface area contributed by atoms with E-state index in [1.165, 1.54) is 94.9 Å². The molecule has 0 spiro atoms. The number of thioether (sulfide) groups is 1. The Morgan fingerprint density at radius 2 is 1.48 bits per heavy atom. The first-order chi connectivity index (χ1) is 21.5. The van der Waals surface area contributed by atoms with Gasteiger partial charge < -0.3 is 15.0 Å². The molecule has 2 aliphatic rings. The molecule has 1 unspecified atom stereocenters. The van der Waals surface area contributed by atoms with E-state index < -0.39 is 0 Å². The number of fused-ring (bicyclic) bond motifs is 2. The number of anilines is 1. The number of nitrogens with zero attached hydrogens (tertiary/aromatic N) is 3. The number of likely N-dealkylation sites (N-methyl/N-ethyl adjacent to an activating group) is 1. The van der Waals surface area contributed by atoms with Gasteiger partial charge in [-0.05, 0) is 38.4 Å². The van der Waals surface area contributed by atoms with Crippen LogP contribution in [0.4, 0.5) is 11.4 Å². The lowest BCUT2D eigenvalue weighted by molar-refractivity contribution is -0.148. The predicted octanol–water partition coefficient (Wildman–Crippen LogP) is 10.3. The van der Waals surface area contributed by atoms with Crippen molar-refractivity contribution >= 4 is 34.1 Å². The molecule has 3 rings (SSSR count). The van der Waals surface area contributed by atoms with Gasteiger partial charge in [0.25, 0.3) is 0 Å². The number of unbranched alkanes of at least 4 members (excludes halogenated alkanes) is 14. The molecule has 2 heterocycles. The number of hydrogen-bond acceptors (Lipinski definition) is 7. The molecule has 1 fully saturated rings. The Hall–Kier alpha value is -1.99. The second kappa shape index (κ2) is 21.7. The third-order valence-corrected chi connectivity index (χ3v) is 9.85. The number of para-hydroxylation sites is 2. The van der Waals surface area contributed by atoms with Crippen molar-refractivity contribution in [1.82, 2.24) is 9.80 Å². The number of hydrogen-bond donors (Lipinski definition) is 1. The molecule has 1 aromatic carbocycles. The van der Waals surface area contributed by atoms with Crippen molar-refractivity contribution in [2.45, 2.75) is 142 Å². The number of carbonyl (C=O) groups excluding carboxylic acids is 1. The van der Waals surface area contributed by atoms with Crippen LogP contribution >= 0.6 is 11.8 Å². The van der Waals surface area contributed by atoms with E-state index in [0.29, 0.717) is 18.4 Å². The van der Waals surface area contributed by atoms with Gasteiger partial charge in [-0.2, -0.15) is 0 Å². The highest BCUT2D eigenvalue weighted by molar-refractivity contribution is 8.15. The Morgan fingerprint density at radius 3 is 2.11 bits per heavy atom. The van der Waals surface area contributed by atoms with Crippen LogP contribution in [0.15, 0.2) is 40.7 Å². The van der Waals surface area contributed by atoms with Gasteiger partial charge in [0, 0.05) is 36.9 Å². The number of nitrogens with one attached hydrogen (secondary N) is 1. The molecule has 6 nitrogen and oxygen atoms in total. The molecule has 248 valence electrons. The monoisotopic (exact) mass is 626 g/mol. The Balaban J connectivity index is 1.27. The van der Waals surface area contributed by atoms with Crippen molar-refractivity contribution in [3.05, 3.63) is 35.7 Å². The van der Waals surface area contributed by atoms with Crippen LogP contribution in [0.2, 0.25) is 0 Å². The molecule has 1 N–H and O–H groups in total. The van der Waals surface area contributed by atoms with Crippen molar-refractivity contribution in [2.24, 2.45) is 4.99 Å². The molecule has 1 atom stereocenters. The largest absolute Gasteiger partial charge is 0.449 e. The number of benzene rings is 1. The zero-order valence-electron chi connectivity index (χ0n) is 28.5. The Morgan fingerprint density at radius 1 is 0.864 bits per heavy atom. The zero-order valence-corrected chi connectivity index (χ0v) is 29.3. The first kappa shape index (κ1) is 36.5. The van der Waals surface area contributed by atoms with Crippen LogP contribution in [0.5, 0.6) is 0 Å². The van der Waals surface area contributed by atoms with Crippen LogP contribution in [-0.2, 0) is 9.53 Å². The summed E-state index contributed by atoms with van der Waals surface area (Å²) in [7, 11) is 2.04. The van der Waals surface area contributed by atoms with Crippen LogP contribution in [0.1, 0.15) is 136 Å². The van der Waals surface area contributed by atoms with Crippen LogP contribution in [0.25, 0.3) is 0 Å². The summed E-state index contributed by atoms with van der Waals surface area (Å²) in [5.74, 6) is 1.12. The molecule has 44 heavy (non-hydrogen) atoms. The maximum Gasteiger partial charge on any atom is 0.307 e. The summed E-state index contributed by atoms with van der Waals surface area (Å²) in [6.07, 6.45) is 22.6. The minimum atomic E-state index is -0.0678. The Labute approximate surface area is 273 Å². The third-order valence-electron chi connectivity index (χ3n) is 8.72. The lowest BCUT2D eigenvalue weighted by Crippen LogP contribution is -2.37. The minimum Gasteiger partial charge on any atom is -0.449 e. The van der Waals surface area contributed by atoms with Gasteiger partial charge in [0.05, 0.1) is 11.4 Å². The fraction of sp³-hybridized carbons (Fsp3) is 0.730. The smallest absolute Gasteiger partial charge is 0.307 e. The fourth-order valence-corrected chi connectivity index (χ4v) is 7.19. The molecule has 0 aliphatic carbocycles. The lowest BCUT2D eigenvalue weighted by atomic mass is 10.0. The molecule has 0 saturated carbocycles. The summed E-state index contributed by atoms with van der Waals surface area (Å²) in [6, 6.07) is 8.32. The summed E-state index contributed by atoms with van der Waals surface area (Å²) in [5, 5.41) is 5.42. The van der Waals surface area contributed by atoms with E-state index in [4.69, 9.17) is 9.73 Å². The summed E-state index contributed by atoms with van der Waals surface area (Å²) in [4.78, 5) is 22.0. The van der Waals surface area contributed by atoms with Crippen LogP contribution in [0, 0.1) is 0 Å². The maximum absolute atomic E-state index is 12.4. The topological polar surface area (TPSA) is 57.2 Å². The maximum atomic E-state index is 12.4. The quantitative estimate of drug-likeness (QED) is 0.0700. The molecule has 1 aromatic rings. The standard InChI is InChI=1S/C37H62N4O2S/c1-5-7-8-9-10-11-12-13-14-15-16-17-18-19-20-25-35(42)43-30-40(4)27-28-41(26-6-2)36-32-29-31(3)44-37(32)39-34-24-22-21-23-33(34)38-36/h21-24,31,38H,5-20,25-30H2,1-4H3. The molecule has 7 heteroatoms. The van der Waals surface area contributed by atoms with Crippen LogP contribution in [0.3, 0.4) is 0 Å². The zero-order chi connectivity index (χ0) is 31.4. The highest BCUT2D eigenvalue weighted by Gasteiger charge is 2.31. The van der Waals surface area contributed by atoms with Gasteiger partial charge in [-0.25, -0.2) is 4.99 Å². The second-order valence-corrected chi connectivity index (χ2v) is 14.4. The minimum absolute atomic E-state index is 0.0678. The van der Waals surface area contributed by atoms with Gasteiger partial charge in [0.1, 0.15) is 17.6 Å². The summed E-state index contributed by atoms with van der Waals surface area (Å²) >= 11 is 1.88. The van der Waals surface area contributed by atoms with Crippen molar-refractivity contribution in [3.8, 4) is 0 Å². The van der Waals surface area contributed by atoms with E-state index in [-0.39, 0.29) is 5.97 Å². The normalized spacial score (nSPS) is 15.9. The first-order valence-electron chi connectivity index (χ1n) is 18.0. The van der Waals surface area contributed by atoms with E-state index in [9.17, 15) is 4.79 Å². The molecular formula is C37H62N4O2S. The average Bonchev–Trinajstić information content (AvgIpc) is 3.31. The van der Waals surface area contributed by atoms with E-state index >= 15 is 0 Å². The van der Waals surface area contributed by atoms with Crippen molar-refractivity contribution in [1.29, 1.82) is 0 Å². The van der Waals surface area contributed by atoms with E-state index in [1.807, 2.05) is 18.8 Å². The number of esters is 1. The van der Waals surface area contributed by atoms with E-state index in [0.717, 1.165) is 61.7 Å². The van der Waals surface area contributed by atoms with E-state index in [1.54, 1.807) is 0 Å². The second-order valence-electron chi connectivity index (χ2n) is 12.9. The molecule has 0 aromatic heterocycles. The Bertz CT molecular complexity index is 1030. The van der Waals surface area contributed by atoms with Gasteiger partial charge in [-0.1, -0.05) is 123 Å². The SMILES string of the molecule is CCCCCCCCCCCCCCCCCC(=O)OCN(C)CCN(CCC)C1=C2CC(C)SC2=Nc2ccccc2N1. The number of rotatable bonds is 24. The van der Waals surface area contributed by atoms with Gasteiger partial charge in [-0.3, -0.25) is 9.69 Å². The van der Waals surface area contributed by atoms with Gasteiger partial charge in [0.2, 0.25) is 0 Å². The highest BCUT2D eigenvalue weighted by atomic mass is 32.2. The molecule has 2 aliphatic heterocycles. The number of carbonyl (C=O) groups is 1. The summed E-state index contributed by atoms with van der Waals surface area (Å²) < 4.78 is 5.63. The van der Waals surface area contributed by atoms with Crippen molar-refractivity contribution < 1.29 is 9.53 Å². The molecule has 1 saturated heterocycles. The molecular weight excluding hydrogens is 565 g/mol. The van der Waals surface area contributed by atoms with Gasteiger partial charge in [0.15, 0.2) is 0 Å².